The van der Waals surface area contributed by atoms with Crippen LogP contribution in [0.5, 0.6) is 0 Å². The zero-order chi connectivity index (χ0) is 34.4. The summed E-state index contributed by atoms with van der Waals surface area (Å²) in [4.78, 5) is 43.1. The largest absolute Gasteiger partial charge is 0.465 e. The molecule has 1 aliphatic carbocycles. The molecule has 0 unspecified atom stereocenters. The molecule has 0 spiro atoms. The standard InChI is InChI=1S/C37H42N3O6S2/c1-7-44-33(41)23-39-27-13-9-11-15-29(27)47-31(39)21-19-25-17-18-26(35(25)38(6)36(43)46-37(3,4)5)20-22-32-40(24-34(42)45-8-2)28-14-10-12-16-30(28)48-32/h9-16,19-22H,7-8,17-18,23-24H2,1-6H3/q+1. The Balaban J connectivity index is 1.54. The van der Waals surface area contributed by atoms with Gasteiger partial charge in [0.15, 0.2) is 0 Å². The first kappa shape index (κ1) is 35.0. The first-order valence-corrected chi connectivity index (χ1v) is 17.7. The maximum atomic E-state index is 13.4. The van der Waals surface area contributed by atoms with Gasteiger partial charge in [-0.25, -0.2) is 9.59 Å². The Morgan fingerprint density at radius 2 is 1.65 bits per heavy atom. The SMILES string of the molecule is CCOC(=O)CN1C(=CC=C2CCC(C=Cc3sc4ccccc4[n+]3CC(=O)OCC)=C2N(C)C(=O)OC(C)(C)C)Sc2ccccc21. The predicted molar refractivity (Wildman–Crippen MR) is 190 cm³/mol. The quantitative estimate of drug-likeness (QED) is 0.122. The maximum Gasteiger partial charge on any atom is 0.414 e. The number of likely N-dealkylation sites (N-methyl/N-ethyl adjacent to an activating group) is 1. The van der Waals surface area contributed by atoms with Crippen molar-refractivity contribution in [1.29, 1.82) is 0 Å². The van der Waals surface area contributed by atoms with Crippen LogP contribution < -0.4 is 9.47 Å². The highest BCUT2D eigenvalue weighted by molar-refractivity contribution is 8.03. The van der Waals surface area contributed by atoms with Gasteiger partial charge in [0.25, 0.3) is 5.01 Å². The summed E-state index contributed by atoms with van der Waals surface area (Å²) in [5, 5.41) is 1.79. The fourth-order valence-corrected chi connectivity index (χ4v) is 7.71. The summed E-state index contributed by atoms with van der Waals surface area (Å²) in [5.74, 6) is -0.596. The topological polar surface area (TPSA) is 89.3 Å². The molecule has 0 radical (unpaired) electrons. The lowest BCUT2D eigenvalue weighted by Gasteiger charge is -2.26. The monoisotopic (exact) mass is 688 g/mol. The van der Waals surface area contributed by atoms with Crippen molar-refractivity contribution in [3.8, 4) is 0 Å². The van der Waals surface area contributed by atoms with E-state index in [2.05, 4.69) is 0 Å². The van der Waals surface area contributed by atoms with Gasteiger partial charge in [0.1, 0.15) is 16.8 Å². The number of aromatic nitrogens is 1. The number of carbonyl (C=O) groups is 3. The van der Waals surface area contributed by atoms with Gasteiger partial charge in [-0.3, -0.25) is 9.69 Å². The average Bonchev–Trinajstić information content (AvgIpc) is 3.71. The molecular formula is C37H42N3O6S2+. The number of fused-ring (bicyclic) bond motifs is 2. The van der Waals surface area contributed by atoms with E-state index in [9.17, 15) is 14.4 Å². The van der Waals surface area contributed by atoms with Crippen LogP contribution in [-0.2, 0) is 30.3 Å². The minimum atomic E-state index is -0.665. The second kappa shape index (κ2) is 15.3. The number of carbonyl (C=O) groups excluding carboxylic acids is 3. The van der Waals surface area contributed by atoms with Crippen molar-refractivity contribution in [2.45, 2.75) is 64.5 Å². The smallest absolute Gasteiger partial charge is 0.414 e. The highest BCUT2D eigenvalue weighted by atomic mass is 32.2. The van der Waals surface area contributed by atoms with E-state index in [4.69, 9.17) is 14.2 Å². The summed E-state index contributed by atoms with van der Waals surface area (Å²) in [7, 11) is 1.73. The lowest BCUT2D eigenvalue weighted by atomic mass is 10.1. The lowest BCUT2D eigenvalue weighted by Crippen LogP contribution is -2.39. The van der Waals surface area contributed by atoms with Crippen LogP contribution in [-0.4, -0.2) is 55.3 Å². The van der Waals surface area contributed by atoms with Crippen molar-refractivity contribution >= 4 is 63.1 Å². The molecule has 0 bridgehead atoms. The number of thioether (sulfide) groups is 1. The normalized spacial score (nSPS) is 16.3. The van der Waals surface area contributed by atoms with Crippen LogP contribution >= 0.6 is 23.1 Å². The number of hydrogen-bond acceptors (Lipinski definition) is 9. The van der Waals surface area contributed by atoms with Crippen LogP contribution in [0.15, 0.2) is 93.5 Å². The Labute approximate surface area is 290 Å². The van der Waals surface area contributed by atoms with E-state index < -0.39 is 11.7 Å². The van der Waals surface area contributed by atoms with Gasteiger partial charge in [0.2, 0.25) is 12.1 Å². The lowest BCUT2D eigenvalue weighted by molar-refractivity contribution is -0.657. The highest BCUT2D eigenvalue weighted by Gasteiger charge is 2.30. The van der Waals surface area contributed by atoms with Crippen LogP contribution in [0.3, 0.4) is 0 Å². The van der Waals surface area contributed by atoms with E-state index in [-0.39, 0.29) is 25.0 Å². The van der Waals surface area contributed by atoms with E-state index in [1.165, 1.54) is 0 Å². The van der Waals surface area contributed by atoms with Gasteiger partial charge in [-0.2, -0.15) is 4.57 Å². The van der Waals surface area contributed by atoms with E-state index in [1.807, 2.05) is 103 Å². The Morgan fingerprint density at radius 1 is 0.938 bits per heavy atom. The molecule has 11 heteroatoms. The zero-order valence-corrected chi connectivity index (χ0v) is 29.9. The molecule has 9 nitrogen and oxygen atoms in total. The van der Waals surface area contributed by atoms with E-state index in [1.54, 1.807) is 48.9 Å². The van der Waals surface area contributed by atoms with Crippen LogP contribution in [0.2, 0.25) is 0 Å². The summed E-state index contributed by atoms with van der Waals surface area (Å²) in [6.07, 6.45) is 9.04. The van der Waals surface area contributed by atoms with Gasteiger partial charge < -0.3 is 19.1 Å². The van der Waals surface area contributed by atoms with Crippen molar-refractivity contribution in [2.24, 2.45) is 0 Å². The Bertz CT molecular complexity index is 1830. The molecule has 2 aliphatic rings. The van der Waals surface area contributed by atoms with Gasteiger partial charge in [-0.15, -0.1) is 0 Å². The molecule has 3 aromatic rings. The van der Waals surface area contributed by atoms with E-state index in [0.717, 1.165) is 47.7 Å². The van der Waals surface area contributed by atoms with Gasteiger partial charge >= 0.3 is 18.0 Å². The zero-order valence-electron chi connectivity index (χ0n) is 28.3. The van der Waals surface area contributed by atoms with E-state index >= 15 is 0 Å². The number of amides is 1. The molecule has 2 aromatic carbocycles. The molecule has 0 fully saturated rings. The number of nitrogens with zero attached hydrogens (tertiary/aromatic N) is 3. The Hall–Kier alpha value is -4.35. The second-order valence-corrected chi connectivity index (χ2v) is 14.3. The first-order valence-electron chi connectivity index (χ1n) is 16.0. The molecule has 48 heavy (non-hydrogen) atoms. The minimum Gasteiger partial charge on any atom is -0.465 e. The van der Waals surface area contributed by atoms with Crippen molar-refractivity contribution in [3.05, 3.63) is 93.6 Å². The number of hydrogen-bond donors (Lipinski definition) is 0. The van der Waals surface area contributed by atoms with Gasteiger partial charge in [0.05, 0.1) is 29.6 Å². The Morgan fingerprint density at radius 3 is 2.40 bits per heavy atom. The van der Waals surface area contributed by atoms with Crippen molar-refractivity contribution in [1.82, 2.24) is 4.90 Å². The number of thiazole rings is 1. The van der Waals surface area contributed by atoms with Crippen LogP contribution in [0, 0.1) is 0 Å². The third-order valence-electron chi connectivity index (χ3n) is 7.59. The number of para-hydroxylation sites is 2. The fraction of sp³-hybridized carbons (Fsp3) is 0.351. The summed E-state index contributed by atoms with van der Waals surface area (Å²) >= 11 is 3.18. The molecule has 252 valence electrons. The molecule has 1 amide bonds. The maximum absolute atomic E-state index is 13.4. The molecule has 1 aromatic heterocycles. The highest BCUT2D eigenvalue weighted by Crippen LogP contribution is 2.46. The molecule has 0 atom stereocenters. The predicted octanol–water partition coefficient (Wildman–Crippen LogP) is 7.62. The number of allylic oxidation sites excluding steroid dienone is 5. The van der Waals surface area contributed by atoms with Crippen LogP contribution in [0.1, 0.15) is 52.5 Å². The van der Waals surface area contributed by atoms with Crippen molar-refractivity contribution in [3.63, 3.8) is 0 Å². The second-order valence-electron chi connectivity index (χ2n) is 12.2. The molecule has 0 saturated carbocycles. The number of rotatable bonds is 10. The summed E-state index contributed by atoms with van der Waals surface area (Å²) < 4.78 is 19.3. The summed E-state index contributed by atoms with van der Waals surface area (Å²) in [6.45, 7) is 9.97. The van der Waals surface area contributed by atoms with Crippen LogP contribution in [0.4, 0.5) is 10.5 Å². The first-order chi connectivity index (χ1) is 23.0. The molecular weight excluding hydrogens is 647 g/mol. The van der Waals surface area contributed by atoms with E-state index in [0.29, 0.717) is 26.1 Å². The third-order valence-corrected chi connectivity index (χ3v) is 9.85. The summed E-state index contributed by atoms with van der Waals surface area (Å²) in [6, 6.07) is 15.9. The number of anilines is 1. The van der Waals surface area contributed by atoms with Crippen LogP contribution in [0.25, 0.3) is 16.3 Å². The summed E-state index contributed by atoms with van der Waals surface area (Å²) in [5.41, 5.74) is 3.96. The number of esters is 2. The third kappa shape index (κ3) is 8.19. The van der Waals surface area contributed by atoms with Gasteiger partial charge in [-0.1, -0.05) is 53.4 Å². The molecule has 0 N–H and O–H groups in total. The minimum absolute atomic E-state index is 0.0995. The molecule has 5 rings (SSSR count). The number of ether oxygens (including phenoxy) is 3. The molecule has 2 heterocycles. The van der Waals surface area contributed by atoms with Gasteiger partial charge in [-0.05, 0) is 89.0 Å². The molecule has 0 saturated heterocycles. The fourth-order valence-electron chi connectivity index (χ4n) is 5.58. The average molecular weight is 689 g/mol. The van der Waals surface area contributed by atoms with Gasteiger partial charge in [0, 0.05) is 24.1 Å². The number of benzene rings is 2. The van der Waals surface area contributed by atoms with Crippen molar-refractivity contribution < 1.29 is 33.2 Å². The Kier molecular flexibility index (Phi) is 11.1. The molecule has 1 aliphatic heterocycles. The van der Waals surface area contributed by atoms with Crippen molar-refractivity contribution in [2.75, 3.05) is 31.7 Å².